The highest BCUT2D eigenvalue weighted by Crippen LogP contribution is 2.70. The average molecular weight is 589 g/mol. The molecule has 234 valence electrons. The monoisotopic (exact) mass is 588 g/mol. The maximum atomic E-state index is 13.1. The molecule has 0 spiro atoms. The van der Waals surface area contributed by atoms with Gasteiger partial charge in [-0.15, -0.1) is 0 Å². The Kier molecular flexibility index (Phi) is 6.86. The first-order chi connectivity index (χ1) is 19.9. The van der Waals surface area contributed by atoms with Crippen molar-refractivity contribution in [1.29, 1.82) is 0 Å². The van der Waals surface area contributed by atoms with Crippen molar-refractivity contribution in [2.24, 2.45) is 28.6 Å². The summed E-state index contributed by atoms with van der Waals surface area (Å²) in [6.07, 6.45) is 8.56. The van der Waals surface area contributed by atoms with Crippen LogP contribution in [0, 0.1) is 28.6 Å². The van der Waals surface area contributed by atoms with Crippen LogP contribution in [0.4, 0.5) is 0 Å². The molecule has 0 bridgehead atoms. The largest absolute Gasteiger partial charge is 0.458 e. The van der Waals surface area contributed by atoms with Gasteiger partial charge >= 0.3 is 5.97 Å². The quantitative estimate of drug-likeness (QED) is 0.279. The maximum absolute atomic E-state index is 13.1. The molecule has 0 aromatic carbocycles. The molecule has 0 unspecified atom stereocenters. The molecule has 9 nitrogen and oxygen atoms in total. The van der Waals surface area contributed by atoms with Gasteiger partial charge in [0, 0.05) is 24.3 Å². The summed E-state index contributed by atoms with van der Waals surface area (Å²) in [7, 11) is 0. The van der Waals surface area contributed by atoms with Crippen LogP contribution in [0.1, 0.15) is 98.3 Å². The highest BCUT2D eigenvalue weighted by molar-refractivity contribution is 5.85. The molecule has 7 rings (SSSR count). The van der Waals surface area contributed by atoms with E-state index in [1.54, 1.807) is 6.08 Å². The van der Waals surface area contributed by atoms with Crippen molar-refractivity contribution < 1.29 is 43.5 Å². The summed E-state index contributed by atoms with van der Waals surface area (Å²) in [6, 6.07) is 0. The summed E-state index contributed by atoms with van der Waals surface area (Å²) in [6.45, 7) is 8.49. The maximum Gasteiger partial charge on any atom is 0.331 e. The highest BCUT2D eigenvalue weighted by atomic mass is 16.8. The molecule has 2 saturated heterocycles. The Morgan fingerprint density at radius 2 is 1.83 bits per heavy atom. The van der Waals surface area contributed by atoms with Gasteiger partial charge in [0.15, 0.2) is 12.1 Å². The first kappa shape index (κ1) is 29.4. The summed E-state index contributed by atoms with van der Waals surface area (Å²) in [5.74, 6) is -0.980. The van der Waals surface area contributed by atoms with Crippen molar-refractivity contribution in [1.82, 2.24) is 0 Å². The highest BCUT2D eigenvalue weighted by Gasteiger charge is 2.71. The number of ether oxygens (including phenoxy) is 5. The van der Waals surface area contributed by atoms with E-state index >= 15 is 0 Å². The van der Waals surface area contributed by atoms with Crippen LogP contribution in [0.3, 0.4) is 0 Å². The molecule has 42 heavy (non-hydrogen) atoms. The van der Waals surface area contributed by atoms with Crippen LogP contribution < -0.4 is 0 Å². The van der Waals surface area contributed by atoms with Gasteiger partial charge in [0.1, 0.15) is 19.0 Å². The summed E-state index contributed by atoms with van der Waals surface area (Å²) in [4.78, 5) is 25.0. The Labute approximate surface area is 248 Å². The SMILES string of the molecule is CC[C@@]1(C)O[C@H]2[C@H](C)O[C@@H](O[C@H]3CC[C@]4(C=O)[C@H]5CC[C@]6(C)[C@@H](C7=CC(=O)OC7)CC[C@]6(O)[C@@H]5CC[C@]4(O)C3)C[C@H]2O1. The molecule has 9 heteroatoms. The second-order valence-corrected chi connectivity index (χ2v) is 15.0. The van der Waals surface area contributed by atoms with Gasteiger partial charge in [0.2, 0.25) is 0 Å². The minimum Gasteiger partial charge on any atom is -0.458 e. The molecule has 13 atom stereocenters. The van der Waals surface area contributed by atoms with Crippen molar-refractivity contribution in [3.63, 3.8) is 0 Å². The number of cyclic esters (lactones) is 1. The van der Waals surface area contributed by atoms with Crippen molar-refractivity contribution in [3.05, 3.63) is 11.6 Å². The van der Waals surface area contributed by atoms with Gasteiger partial charge in [-0.1, -0.05) is 13.8 Å². The van der Waals surface area contributed by atoms with E-state index in [-0.39, 0.29) is 53.6 Å². The van der Waals surface area contributed by atoms with Crippen molar-refractivity contribution >= 4 is 12.3 Å². The fourth-order valence-corrected chi connectivity index (χ4v) is 10.8. The van der Waals surface area contributed by atoms with E-state index < -0.39 is 28.7 Å². The van der Waals surface area contributed by atoms with Crippen LogP contribution in [-0.4, -0.2) is 76.8 Å². The summed E-state index contributed by atoms with van der Waals surface area (Å²) < 4.78 is 30.4. The first-order valence-electron chi connectivity index (χ1n) is 16.3. The standard InChI is InChI=1S/C33H48O9/c1-5-30(4)41-25-15-27(39-19(2)28(25)42-30)40-21-6-11-31(18-34)23-7-10-29(3)22(20-14-26(35)38-17-20)9-13-33(29,37)24(23)8-12-32(31,36)16-21/h14,18-19,21-25,27-28,36-37H,5-13,15-17H2,1-4H3/t19-,21-,22+,23-,24+,25+,27-,28-,29+,30+,31-,32-,33-/m0/s1. The lowest BCUT2D eigenvalue weighted by Crippen LogP contribution is -2.69. The average Bonchev–Trinajstić information content (AvgIpc) is 3.61. The molecule has 3 heterocycles. The third-order valence-corrected chi connectivity index (χ3v) is 13.2. The lowest BCUT2D eigenvalue weighted by atomic mass is 9.41. The number of aldehydes is 1. The van der Waals surface area contributed by atoms with Gasteiger partial charge in [-0.2, -0.15) is 0 Å². The van der Waals surface area contributed by atoms with E-state index in [2.05, 4.69) is 6.92 Å². The molecule has 7 aliphatic rings. The molecule has 0 amide bonds. The fourth-order valence-electron chi connectivity index (χ4n) is 10.8. The third kappa shape index (κ3) is 4.02. The summed E-state index contributed by atoms with van der Waals surface area (Å²) in [5.41, 5.74) is -2.44. The van der Waals surface area contributed by atoms with Crippen molar-refractivity contribution in [2.45, 2.75) is 146 Å². The van der Waals surface area contributed by atoms with Crippen LogP contribution >= 0.6 is 0 Å². The zero-order valence-electron chi connectivity index (χ0n) is 25.5. The van der Waals surface area contributed by atoms with Gasteiger partial charge < -0.3 is 38.7 Å². The number of esters is 1. The molecule has 0 radical (unpaired) electrons. The lowest BCUT2D eigenvalue weighted by molar-refractivity contribution is -0.278. The van der Waals surface area contributed by atoms with E-state index in [9.17, 15) is 19.8 Å². The second-order valence-electron chi connectivity index (χ2n) is 15.0. The molecule has 4 aliphatic carbocycles. The smallest absolute Gasteiger partial charge is 0.331 e. The van der Waals surface area contributed by atoms with E-state index in [1.165, 1.54) is 0 Å². The molecule has 0 aromatic heterocycles. The third-order valence-electron chi connectivity index (χ3n) is 13.2. The topological polar surface area (TPSA) is 121 Å². The molecular weight excluding hydrogens is 540 g/mol. The van der Waals surface area contributed by atoms with Crippen molar-refractivity contribution in [3.8, 4) is 0 Å². The lowest BCUT2D eigenvalue weighted by Gasteiger charge is -2.65. The van der Waals surface area contributed by atoms with E-state index in [4.69, 9.17) is 23.7 Å². The molecule has 4 saturated carbocycles. The van der Waals surface area contributed by atoms with Gasteiger partial charge in [-0.25, -0.2) is 4.79 Å². The van der Waals surface area contributed by atoms with Crippen LogP contribution in [-0.2, 0) is 33.3 Å². The fraction of sp³-hybridized carbons (Fsp3) is 0.879. The molecule has 2 N–H and O–H groups in total. The summed E-state index contributed by atoms with van der Waals surface area (Å²) in [5, 5.41) is 24.7. The number of carbonyl (C=O) groups excluding carboxylic acids is 2. The zero-order valence-corrected chi connectivity index (χ0v) is 25.5. The second kappa shape index (κ2) is 9.82. The Morgan fingerprint density at radius 3 is 2.55 bits per heavy atom. The van der Waals surface area contributed by atoms with Crippen LogP contribution in [0.15, 0.2) is 11.6 Å². The number of aliphatic hydroxyl groups is 2. The van der Waals surface area contributed by atoms with E-state index in [0.29, 0.717) is 51.6 Å². The van der Waals surface area contributed by atoms with E-state index in [1.807, 2.05) is 20.8 Å². The number of hydrogen-bond donors (Lipinski definition) is 2. The normalized spacial score (nSPS) is 55.2. The number of fused-ring (bicyclic) bond motifs is 6. The first-order valence-corrected chi connectivity index (χ1v) is 16.3. The minimum atomic E-state index is -1.19. The molecular formula is C33H48O9. The predicted octanol–water partition coefficient (Wildman–Crippen LogP) is 3.97. The van der Waals surface area contributed by atoms with Gasteiger partial charge in [0.25, 0.3) is 0 Å². The Hall–Kier alpha value is -1.36. The minimum absolute atomic E-state index is 0.0744. The van der Waals surface area contributed by atoms with Crippen LogP contribution in [0.25, 0.3) is 0 Å². The van der Waals surface area contributed by atoms with Crippen LogP contribution in [0.2, 0.25) is 0 Å². The van der Waals surface area contributed by atoms with Crippen LogP contribution in [0.5, 0.6) is 0 Å². The Bertz CT molecular complexity index is 1160. The van der Waals surface area contributed by atoms with Gasteiger partial charge in [-0.05, 0) is 95.0 Å². The molecule has 0 aromatic rings. The number of rotatable bonds is 5. The van der Waals surface area contributed by atoms with Crippen molar-refractivity contribution in [2.75, 3.05) is 6.61 Å². The Balaban J connectivity index is 1.07. The Morgan fingerprint density at radius 1 is 1.05 bits per heavy atom. The van der Waals surface area contributed by atoms with E-state index in [0.717, 1.165) is 37.5 Å². The molecule has 6 fully saturated rings. The molecule has 3 aliphatic heterocycles. The predicted molar refractivity (Wildman–Crippen MR) is 150 cm³/mol. The van der Waals surface area contributed by atoms with Gasteiger partial charge in [0.05, 0.1) is 34.9 Å². The number of hydrogen-bond acceptors (Lipinski definition) is 9. The summed E-state index contributed by atoms with van der Waals surface area (Å²) >= 11 is 0. The zero-order chi connectivity index (χ0) is 29.7. The number of carbonyl (C=O) groups is 2. The van der Waals surface area contributed by atoms with Gasteiger partial charge in [-0.3, -0.25) is 0 Å².